The molecule has 0 radical (unpaired) electrons. The van der Waals surface area contributed by atoms with E-state index >= 15 is 0 Å². The van der Waals surface area contributed by atoms with Crippen molar-refractivity contribution in [2.45, 2.75) is 6.18 Å². The number of hydrogen-bond donors (Lipinski definition) is 0. The number of alkyl halides is 3. The van der Waals surface area contributed by atoms with Gasteiger partial charge in [-0.2, -0.15) is 18.3 Å². The molecule has 3 aromatic rings. The fraction of sp³-hybridized carbons (Fsp3) is 0.0714. The molecule has 0 aliphatic heterocycles. The second kappa shape index (κ2) is 4.12. The van der Waals surface area contributed by atoms with Crippen LogP contribution in [-0.4, -0.2) is 9.61 Å². The van der Waals surface area contributed by atoms with E-state index in [0.29, 0.717) is 5.69 Å². The van der Waals surface area contributed by atoms with E-state index in [0.717, 1.165) is 11.6 Å². The Kier molecular flexibility index (Phi) is 2.55. The van der Waals surface area contributed by atoms with Crippen LogP contribution in [0.3, 0.4) is 0 Å². The minimum absolute atomic E-state index is 0.0638. The third kappa shape index (κ3) is 2.07. The Balaban J connectivity index is 2.22. The summed E-state index contributed by atoms with van der Waals surface area (Å²) in [5, 5.41) is 4.17. The molecule has 0 bridgehead atoms. The fourth-order valence-corrected chi connectivity index (χ4v) is 2.01. The van der Waals surface area contributed by atoms with Gasteiger partial charge < -0.3 is 0 Å². The molecular formula is C14H9F3N2. The minimum atomic E-state index is -4.38. The maximum Gasteiger partial charge on any atom is 0.418 e. The van der Waals surface area contributed by atoms with Crippen molar-refractivity contribution in [2.75, 3.05) is 0 Å². The van der Waals surface area contributed by atoms with Crippen molar-refractivity contribution in [1.29, 1.82) is 0 Å². The molecule has 0 spiro atoms. The lowest BCUT2D eigenvalue weighted by Crippen LogP contribution is -2.06. The highest BCUT2D eigenvalue weighted by Crippen LogP contribution is 2.33. The molecule has 0 aliphatic carbocycles. The number of hydrogen-bond acceptors (Lipinski definition) is 1. The molecule has 2 heterocycles. The highest BCUT2D eigenvalue weighted by atomic mass is 19.4. The Morgan fingerprint density at radius 2 is 1.68 bits per heavy atom. The van der Waals surface area contributed by atoms with Crippen molar-refractivity contribution in [1.82, 2.24) is 9.61 Å². The third-order valence-corrected chi connectivity index (χ3v) is 2.88. The van der Waals surface area contributed by atoms with E-state index < -0.39 is 11.7 Å². The first-order valence-electron chi connectivity index (χ1n) is 5.67. The SMILES string of the molecule is FC(F)(F)c1cccn2nc(-c3ccccc3)cc12. The van der Waals surface area contributed by atoms with Crippen LogP contribution in [0.4, 0.5) is 13.2 Å². The van der Waals surface area contributed by atoms with Crippen LogP contribution in [0, 0.1) is 0 Å². The lowest BCUT2D eigenvalue weighted by molar-refractivity contribution is -0.136. The van der Waals surface area contributed by atoms with Crippen LogP contribution in [0.5, 0.6) is 0 Å². The Labute approximate surface area is 107 Å². The van der Waals surface area contributed by atoms with Gasteiger partial charge in [-0.1, -0.05) is 30.3 Å². The predicted octanol–water partition coefficient (Wildman–Crippen LogP) is 4.02. The van der Waals surface area contributed by atoms with Crippen molar-refractivity contribution < 1.29 is 13.2 Å². The maximum atomic E-state index is 12.9. The largest absolute Gasteiger partial charge is 0.418 e. The standard InChI is InChI=1S/C14H9F3N2/c15-14(16,17)11-7-4-8-19-13(11)9-12(18-19)10-5-2-1-3-6-10/h1-9H. The van der Waals surface area contributed by atoms with Crippen LogP contribution >= 0.6 is 0 Å². The van der Waals surface area contributed by atoms with Gasteiger partial charge in [-0.25, -0.2) is 4.52 Å². The average molecular weight is 262 g/mol. The van der Waals surface area contributed by atoms with Gasteiger partial charge in [0.05, 0.1) is 16.8 Å². The van der Waals surface area contributed by atoms with E-state index in [2.05, 4.69) is 5.10 Å². The average Bonchev–Trinajstić information content (AvgIpc) is 2.82. The molecule has 2 nitrogen and oxygen atoms in total. The van der Waals surface area contributed by atoms with Crippen LogP contribution < -0.4 is 0 Å². The molecule has 0 saturated heterocycles. The van der Waals surface area contributed by atoms with Crippen molar-refractivity contribution in [3.63, 3.8) is 0 Å². The summed E-state index contributed by atoms with van der Waals surface area (Å²) in [6.07, 6.45) is -2.87. The Hall–Kier alpha value is -2.30. The first-order valence-corrected chi connectivity index (χ1v) is 5.67. The Morgan fingerprint density at radius 3 is 2.37 bits per heavy atom. The number of halogens is 3. The van der Waals surface area contributed by atoms with Gasteiger partial charge in [0.15, 0.2) is 0 Å². The number of rotatable bonds is 1. The van der Waals surface area contributed by atoms with Crippen molar-refractivity contribution in [3.8, 4) is 11.3 Å². The first-order chi connectivity index (χ1) is 9.05. The summed E-state index contributed by atoms with van der Waals surface area (Å²) in [4.78, 5) is 0. The zero-order valence-electron chi connectivity index (χ0n) is 9.72. The Morgan fingerprint density at radius 1 is 0.947 bits per heavy atom. The summed E-state index contributed by atoms with van der Waals surface area (Å²) in [7, 11) is 0. The molecule has 19 heavy (non-hydrogen) atoms. The van der Waals surface area contributed by atoms with Gasteiger partial charge in [-0.05, 0) is 18.2 Å². The van der Waals surface area contributed by atoms with Gasteiger partial charge in [0, 0.05) is 11.8 Å². The highest BCUT2D eigenvalue weighted by molar-refractivity contribution is 5.68. The minimum Gasteiger partial charge on any atom is -0.240 e. The van der Waals surface area contributed by atoms with Crippen molar-refractivity contribution in [2.24, 2.45) is 0 Å². The van der Waals surface area contributed by atoms with E-state index in [1.165, 1.54) is 22.8 Å². The normalized spacial score (nSPS) is 11.9. The number of nitrogens with zero attached hydrogens (tertiary/aromatic N) is 2. The summed E-state index contributed by atoms with van der Waals surface area (Å²) in [5.74, 6) is 0. The topological polar surface area (TPSA) is 17.3 Å². The molecule has 2 aromatic heterocycles. The Bertz CT molecular complexity index is 714. The van der Waals surface area contributed by atoms with Gasteiger partial charge in [-0.15, -0.1) is 0 Å². The predicted molar refractivity (Wildman–Crippen MR) is 65.6 cm³/mol. The molecule has 1 aromatic carbocycles. The summed E-state index contributed by atoms with van der Waals surface area (Å²) < 4.78 is 39.9. The fourth-order valence-electron chi connectivity index (χ4n) is 2.01. The second-order valence-corrected chi connectivity index (χ2v) is 4.15. The monoisotopic (exact) mass is 262 g/mol. The molecule has 5 heteroatoms. The van der Waals surface area contributed by atoms with E-state index in [1.54, 1.807) is 0 Å². The lowest BCUT2D eigenvalue weighted by Gasteiger charge is -2.07. The van der Waals surface area contributed by atoms with E-state index in [1.807, 2.05) is 30.3 Å². The molecule has 96 valence electrons. The van der Waals surface area contributed by atoms with Gasteiger partial charge in [-0.3, -0.25) is 0 Å². The zero-order valence-corrected chi connectivity index (χ0v) is 9.72. The lowest BCUT2D eigenvalue weighted by atomic mass is 10.1. The van der Waals surface area contributed by atoms with Crippen molar-refractivity contribution in [3.05, 3.63) is 60.3 Å². The van der Waals surface area contributed by atoms with Gasteiger partial charge in [0.1, 0.15) is 0 Å². The van der Waals surface area contributed by atoms with Crippen LogP contribution in [0.15, 0.2) is 54.7 Å². The molecule has 0 fully saturated rings. The number of benzene rings is 1. The van der Waals surface area contributed by atoms with Crippen LogP contribution in [0.25, 0.3) is 16.8 Å². The van der Waals surface area contributed by atoms with Gasteiger partial charge in [0.2, 0.25) is 0 Å². The quantitative estimate of drug-likeness (QED) is 0.647. The van der Waals surface area contributed by atoms with E-state index in [-0.39, 0.29) is 5.52 Å². The summed E-state index contributed by atoms with van der Waals surface area (Å²) in [6.45, 7) is 0. The summed E-state index contributed by atoms with van der Waals surface area (Å²) >= 11 is 0. The third-order valence-electron chi connectivity index (χ3n) is 2.88. The van der Waals surface area contributed by atoms with E-state index in [9.17, 15) is 13.2 Å². The molecule has 0 aliphatic rings. The summed E-state index contributed by atoms with van der Waals surface area (Å²) in [6, 6.07) is 13.0. The summed E-state index contributed by atoms with van der Waals surface area (Å²) in [5.41, 5.74) is 0.704. The number of aromatic nitrogens is 2. The first kappa shape index (κ1) is 11.8. The smallest absolute Gasteiger partial charge is 0.240 e. The molecular weight excluding hydrogens is 253 g/mol. The van der Waals surface area contributed by atoms with E-state index in [4.69, 9.17) is 0 Å². The number of fused-ring (bicyclic) bond motifs is 1. The van der Waals surface area contributed by atoms with Gasteiger partial charge >= 0.3 is 6.18 Å². The maximum absolute atomic E-state index is 12.9. The molecule has 0 N–H and O–H groups in total. The van der Waals surface area contributed by atoms with Crippen LogP contribution in [0.2, 0.25) is 0 Å². The van der Waals surface area contributed by atoms with Gasteiger partial charge in [0.25, 0.3) is 0 Å². The zero-order chi connectivity index (χ0) is 13.5. The van der Waals surface area contributed by atoms with Crippen LogP contribution in [-0.2, 0) is 6.18 Å². The molecule has 3 rings (SSSR count). The molecule has 0 atom stereocenters. The van der Waals surface area contributed by atoms with Crippen LogP contribution in [0.1, 0.15) is 5.56 Å². The molecule has 0 unspecified atom stereocenters. The molecule has 0 saturated carbocycles. The second-order valence-electron chi connectivity index (χ2n) is 4.15. The number of pyridine rings is 1. The highest BCUT2D eigenvalue weighted by Gasteiger charge is 2.33. The van der Waals surface area contributed by atoms with Crippen molar-refractivity contribution >= 4 is 5.52 Å². The molecule has 0 amide bonds.